The first-order chi connectivity index (χ1) is 24.9. The molecule has 0 heterocycles. The highest BCUT2D eigenvalue weighted by atomic mass is 16.6. The van der Waals surface area contributed by atoms with E-state index < -0.39 is 17.1 Å². The molecule has 1 rings (SSSR count). The first kappa shape index (κ1) is 47.4. The van der Waals surface area contributed by atoms with Crippen molar-refractivity contribution in [2.75, 3.05) is 13.1 Å². The van der Waals surface area contributed by atoms with Crippen LogP contribution in [0.5, 0.6) is 0 Å². The maximum atomic E-state index is 12.5. The average Bonchev–Trinajstić information content (AvgIpc) is 3.07. The number of nitro groups is 1. The standard InChI is InChI=1S/C41H69N5O7/c1-31(53-39(50)43-27-28-45-41(5,6)7)35-29-32(25-26-36(35)46(51)52)30-44-38(49)24-18-17-20-33(42)19-13-9-8-10-14-21-34(47)22-15-11-12-16-23-37(48)40(2,3)4/h25-26,29,31,42,45H,8-24,27-28,30H2,1-7H3,(H,43,50)(H,44,49). The van der Waals surface area contributed by atoms with Gasteiger partial charge in [0.1, 0.15) is 17.7 Å². The molecule has 12 heteroatoms. The van der Waals surface area contributed by atoms with Gasteiger partial charge in [-0.05, 0) is 90.7 Å². The molecule has 1 unspecified atom stereocenters. The number of hydrogen-bond donors (Lipinski definition) is 4. The normalized spacial score (nSPS) is 12.2. The van der Waals surface area contributed by atoms with Gasteiger partial charge in [0, 0.05) is 68.0 Å². The van der Waals surface area contributed by atoms with Gasteiger partial charge >= 0.3 is 6.09 Å². The van der Waals surface area contributed by atoms with Crippen LogP contribution in [0.3, 0.4) is 0 Å². The zero-order valence-corrected chi connectivity index (χ0v) is 33.8. The molecular weight excluding hydrogens is 674 g/mol. The lowest BCUT2D eigenvalue weighted by Gasteiger charge is -2.21. The number of rotatable bonds is 28. The van der Waals surface area contributed by atoms with Gasteiger partial charge < -0.3 is 26.1 Å². The number of nitrogens with zero attached hydrogens (tertiary/aromatic N) is 1. The van der Waals surface area contributed by atoms with E-state index >= 15 is 0 Å². The summed E-state index contributed by atoms with van der Waals surface area (Å²) in [5, 5.41) is 28.6. The molecular formula is C41H69N5O7. The molecule has 0 spiro atoms. The van der Waals surface area contributed by atoms with Crippen LogP contribution in [0.2, 0.25) is 0 Å². The third-order valence-electron chi connectivity index (χ3n) is 9.06. The average molecular weight is 744 g/mol. The fourth-order valence-electron chi connectivity index (χ4n) is 5.76. The number of Topliss-reactive ketones (excluding diaryl/α,β-unsaturated/α-hetero) is 2. The number of carbonyl (C=O) groups excluding carboxylic acids is 4. The number of unbranched alkanes of at least 4 members (excludes halogenated alkanes) is 8. The summed E-state index contributed by atoms with van der Waals surface area (Å²) < 4.78 is 5.40. The summed E-state index contributed by atoms with van der Waals surface area (Å²) in [6.07, 6.45) is 12.4. The number of alkyl carbamates (subject to hydrolysis) is 1. The molecule has 1 aromatic carbocycles. The van der Waals surface area contributed by atoms with Crippen LogP contribution in [0.1, 0.15) is 175 Å². The Morgan fingerprint density at radius 2 is 1.28 bits per heavy atom. The molecule has 0 saturated carbocycles. The highest BCUT2D eigenvalue weighted by molar-refractivity contribution is 5.83. The van der Waals surface area contributed by atoms with E-state index in [4.69, 9.17) is 10.1 Å². The summed E-state index contributed by atoms with van der Waals surface area (Å²) in [6, 6.07) is 4.53. The summed E-state index contributed by atoms with van der Waals surface area (Å²) in [6.45, 7) is 14.6. The Labute approximate surface area is 318 Å². The number of nitro benzene ring substituents is 1. The van der Waals surface area contributed by atoms with Gasteiger partial charge in [0.05, 0.1) is 10.5 Å². The second-order valence-electron chi connectivity index (χ2n) is 16.3. The number of ether oxygens (including phenoxy) is 1. The van der Waals surface area contributed by atoms with Crippen molar-refractivity contribution in [3.05, 3.63) is 39.4 Å². The number of nitrogens with one attached hydrogen (secondary N) is 4. The topological polar surface area (TPSA) is 181 Å². The second-order valence-corrected chi connectivity index (χ2v) is 16.3. The van der Waals surface area contributed by atoms with Gasteiger partial charge in [0.25, 0.3) is 5.69 Å². The van der Waals surface area contributed by atoms with Gasteiger partial charge in [-0.2, -0.15) is 0 Å². The highest BCUT2D eigenvalue weighted by Crippen LogP contribution is 2.29. The minimum absolute atomic E-state index is 0.0923. The molecule has 12 nitrogen and oxygen atoms in total. The van der Waals surface area contributed by atoms with E-state index in [0.717, 1.165) is 70.6 Å². The molecule has 1 atom stereocenters. The Balaban J connectivity index is 2.20. The van der Waals surface area contributed by atoms with Crippen LogP contribution >= 0.6 is 0 Å². The molecule has 0 aliphatic rings. The molecule has 300 valence electrons. The van der Waals surface area contributed by atoms with Crippen molar-refractivity contribution in [1.82, 2.24) is 16.0 Å². The van der Waals surface area contributed by atoms with Crippen LogP contribution in [0.15, 0.2) is 18.2 Å². The minimum atomic E-state index is -0.873. The minimum Gasteiger partial charge on any atom is -0.441 e. The molecule has 0 fully saturated rings. The van der Waals surface area contributed by atoms with Crippen molar-refractivity contribution < 1.29 is 28.8 Å². The second kappa shape index (κ2) is 25.4. The molecule has 0 aliphatic heterocycles. The summed E-state index contributed by atoms with van der Waals surface area (Å²) in [5.74, 6) is 0.513. The number of benzene rings is 1. The van der Waals surface area contributed by atoms with Crippen LogP contribution in [0, 0.1) is 20.9 Å². The Morgan fingerprint density at radius 1 is 0.755 bits per heavy atom. The van der Waals surface area contributed by atoms with Crippen LogP contribution in [-0.4, -0.2) is 52.8 Å². The van der Waals surface area contributed by atoms with Crippen molar-refractivity contribution in [3.8, 4) is 0 Å². The van der Waals surface area contributed by atoms with E-state index in [-0.39, 0.29) is 34.7 Å². The van der Waals surface area contributed by atoms with E-state index in [1.165, 1.54) is 6.07 Å². The number of hydrogen-bond acceptors (Lipinski definition) is 9. The number of amides is 2. The van der Waals surface area contributed by atoms with E-state index in [1.54, 1.807) is 19.1 Å². The quantitative estimate of drug-likeness (QED) is 0.0284. The van der Waals surface area contributed by atoms with Gasteiger partial charge in [-0.25, -0.2) is 4.79 Å². The number of ketones is 2. The summed E-state index contributed by atoms with van der Waals surface area (Å²) >= 11 is 0. The Kier molecular flexibility index (Phi) is 22.7. The molecule has 0 aliphatic carbocycles. The third-order valence-corrected chi connectivity index (χ3v) is 9.06. The monoisotopic (exact) mass is 744 g/mol. The molecule has 0 bridgehead atoms. The predicted octanol–water partition coefficient (Wildman–Crippen LogP) is 9.22. The van der Waals surface area contributed by atoms with Gasteiger partial charge in [-0.3, -0.25) is 24.5 Å². The van der Waals surface area contributed by atoms with Crippen LogP contribution in [0.25, 0.3) is 0 Å². The maximum absolute atomic E-state index is 12.5. The van der Waals surface area contributed by atoms with Crippen LogP contribution < -0.4 is 16.0 Å². The summed E-state index contributed by atoms with van der Waals surface area (Å²) in [5.41, 5.74) is 1.09. The molecule has 4 N–H and O–H groups in total. The van der Waals surface area contributed by atoms with Crippen molar-refractivity contribution >= 4 is 35.0 Å². The molecule has 0 saturated heterocycles. The zero-order chi connectivity index (χ0) is 39.9. The van der Waals surface area contributed by atoms with E-state index in [9.17, 15) is 29.3 Å². The molecule has 53 heavy (non-hydrogen) atoms. The summed E-state index contributed by atoms with van der Waals surface area (Å²) in [4.78, 5) is 60.0. The molecule has 0 aromatic heterocycles. The van der Waals surface area contributed by atoms with Crippen molar-refractivity contribution in [2.45, 2.75) is 176 Å². The Hall–Kier alpha value is -3.67. The smallest absolute Gasteiger partial charge is 0.407 e. The largest absolute Gasteiger partial charge is 0.441 e. The van der Waals surface area contributed by atoms with Crippen LogP contribution in [0.4, 0.5) is 10.5 Å². The zero-order valence-electron chi connectivity index (χ0n) is 33.8. The Bertz CT molecular complexity index is 1320. The van der Waals surface area contributed by atoms with E-state index in [1.807, 2.05) is 41.5 Å². The van der Waals surface area contributed by atoms with E-state index in [0.29, 0.717) is 74.5 Å². The van der Waals surface area contributed by atoms with Gasteiger partial charge in [-0.1, -0.05) is 58.9 Å². The lowest BCUT2D eigenvalue weighted by molar-refractivity contribution is -0.386. The van der Waals surface area contributed by atoms with Gasteiger partial charge in [0.2, 0.25) is 5.91 Å². The lowest BCUT2D eigenvalue weighted by Crippen LogP contribution is -2.41. The molecule has 0 radical (unpaired) electrons. The predicted molar refractivity (Wildman–Crippen MR) is 211 cm³/mol. The molecule has 2 amide bonds. The maximum Gasteiger partial charge on any atom is 0.407 e. The molecule has 1 aromatic rings. The highest BCUT2D eigenvalue weighted by Gasteiger charge is 2.23. The first-order valence-electron chi connectivity index (χ1n) is 19.7. The van der Waals surface area contributed by atoms with Crippen molar-refractivity contribution in [3.63, 3.8) is 0 Å². The number of carbonyl (C=O) groups is 4. The van der Waals surface area contributed by atoms with Crippen LogP contribution in [-0.2, 0) is 25.7 Å². The van der Waals surface area contributed by atoms with E-state index in [2.05, 4.69) is 16.0 Å². The van der Waals surface area contributed by atoms with Gasteiger partial charge in [-0.15, -0.1) is 0 Å². The summed E-state index contributed by atoms with van der Waals surface area (Å²) in [7, 11) is 0. The SMILES string of the molecule is CC(OC(=O)NCCNC(C)(C)C)c1cc(CNC(=O)CCCCC(=N)CCCCCCCC(=O)CCCCCCC(=O)C(C)(C)C)ccc1[N+](=O)[O-]. The fourth-order valence-corrected chi connectivity index (χ4v) is 5.76. The van der Waals surface area contributed by atoms with Gasteiger partial charge in [0.15, 0.2) is 0 Å². The lowest BCUT2D eigenvalue weighted by atomic mass is 9.88. The van der Waals surface area contributed by atoms with Crippen molar-refractivity contribution in [2.24, 2.45) is 5.41 Å². The third kappa shape index (κ3) is 23.6. The van der Waals surface area contributed by atoms with Crippen molar-refractivity contribution in [1.29, 1.82) is 5.41 Å². The Morgan fingerprint density at radius 3 is 1.85 bits per heavy atom. The fraction of sp³-hybridized carbons (Fsp3) is 0.732. The first-order valence-corrected chi connectivity index (χ1v) is 19.7.